The molecule has 29 heavy (non-hydrogen) atoms. The Balaban J connectivity index is 1.58. The van der Waals surface area contributed by atoms with E-state index in [1.807, 2.05) is 44.3 Å². The van der Waals surface area contributed by atoms with Gasteiger partial charge in [-0.1, -0.05) is 41.7 Å². The minimum absolute atomic E-state index is 0.0338. The van der Waals surface area contributed by atoms with Crippen molar-refractivity contribution in [2.75, 3.05) is 30.8 Å². The molecule has 0 aliphatic carbocycles. The molecule has 9 heteroatoms. The van der Waals surface area contributed by atoms with Gasteiger partial charge in [0.1, 0.15) is 17.5 Å². The van der Waals surface area contributed by atoms with Gasteiger partial charge in [0.15, 0.2) is 5.13 Å². The van der Waals surface area contributed by atoms with Crippen LogP contribution in [0.1, 0.15) is 12.7 Å². The van der Waals surface area contributed by atoms with Crippen molar-refractivity contribution in [3.63, 3.8) is 0 Å². The van der Waals surface area contributed by atoms with Crippen LogP contribution in [-0.4, -0.2) is 47.0 Å². The van der Waals surface area contributed by atoms with Crippen LogP contribution in [0.15, 0.2) is 42.6 Å². The molecule has 0 unspecified atom stereocenters. The highest BCUT2D eigenvalue weighted by molar-refractivity contribution is 7.18. The molecule has 0 saturated heterocycles. The van der Waals surface area contributed by atoms with Crippen molar-refractivity contribution in [3.05, 3.63) is 48.4 Å². The van der Waals surface area contributed by atoms with Gasteiger partial charge in [-0.2, -0.15) is 0 Å². The van der Waals surface area contributed by atoms with Crippen LogP contribution in [0.5, 0.6) is 0 Å². The normalized spacial score (nSPS) is 11.7. The highest BCUT2D eigenvalue weighted by atomic mass is 32.1. The van der Waals surface area contributed by atoms with Gasteiger partial charge in [0, 0.05) is 25.4 Å². The standard InChI is InChI=1S/C20H25N7OS/c1-13(21-3)19(28)23-10-9-22-17-11-18(26-14(2)25-17)27-20-24-12-16(29-20)15-7-5-4-6-8-15/h4-8,11-13,21H,9-10H2,1-3H3,(H,23,28)(H2,22,24,25,26,27)/t13-/m0/s1. The number of rotatable bonds is 9. The first kappa shape index (κ1) is 20.7. The molecule has 2 heterocycles. The number of aryl methyl sites for hydroxylation is 1. The molecule has 3 rings (SSSR count). The van der Waals surface area contributed by atoms with E-state index in [1.165, 1.54) is 0 Å². The summed E-state index contributed by atoms with van der Waals surface area (Å²) in [5.74, 6) is 1.97. The zero-order chi connectivity index (χ0) is 20.6. The maximum absolute atomic E-state index is 11.8. The van der Waals surface area contributed by atoms with Gasteiger partial charge < -0.3 is 21.3 Å². The van der Waals surface area contributed by atoms with Gasteiger partial charge in [-0.3, -0.25) is 4.79 Å². The number of amides is 1. The summed E-state index contributed by atoms with van der Waals surface area (Å²) in [6.45, 7) is 4.72. The maximum atomic E-state index is 11.8. The number of nitrogens with one attached hydrogen (secondary N) is 4. The Hall–Kier alpha value is -3.04. The molecular formula is C20H25N7OS. The lowest BCUT2D eigenvalue weighted by Gasteiger charge is -2.12. The molecule has 0 radical (unpaired) electrons. The molecule has 0 aliphatic heterocycles. The van der Waals surface area contributed by atoms with E-state index >= 15 is 0 Å². The first-order valence-electron chi connectivity index (χ1n) is 9.38. The monoisotopic (exact) mass is 411 g/mol. The molecule has 8 nitrogen and oxygen atoms in total. The summed E-state index contributed by atoms with van der Waals surface area (Å²) in [6.07, 6.45) is 1.85. The first-order valence-corrected chi connectivity index (χ1v) is 10.2. The van der Waals surface area contributed by atoms with Crippen molar-refractivity contribution >= 4 is 34.0 Å². The lowest BCUT2D eigenvalue weighted by atomic mass is 10.2. The predicted molar refractivity (Wildman–Crippen MR) is 118 cm³/mol. The van der Waals surface area contributed by atoms with Gasteiger partial charge in [-0.25, -0.2) is 15.0 Å². The number of anilines is 3. The molecule has 3 aromatic rings. The average molecular weight is 412 g/mol. The zero-order valence-electron chi connectivity index (χ0n) is 16.7. The van der Waals surface area contributed by atoms with Crippen LogP contribution in [0.3, 0.4) is 0 Å². The molecule has 0 aliphatic rings. The predicted octanol–water partition coefficient (Wildman–Crippen LogP) is 2.79. The fourth-order valence-electron chi connectivity index (χ4n) is 2.56. The number of benzene rings is 1. The third-order valence-corrected chi connectivity index (χ3v) is 5.16. The number of hydrogen-bond donors (Lipinski definition) is 4. The summed E-state index contributed by atoms with van der Waals surface area (Å²) in [7, 11) is 1.76. The Morgan fingerprint density at radius 3 is 2.66 bits per heavy atom. The van der Waals surface area contributed by atoms with Crippen molar-refractivity contribution in [2.24, 2.45) is 0 Å². The van der Waals surface area contributed by atoms with E-state index in [-0.39, 0.29) is 11.9 Å². The number of hydrogen-bond acceptors (Lipinski definition) is 8. The molecule has 1 atom stereocenters. The third-order valence-electron chi connectivity index (χ3n) is 4.19. The molecule has 4 N–H and O–H groups in total. The summed E-state index contributed by atoms with van der Waals surface area (Å²) in [6, 6.07) is 11.7. The fourth-order valence-corrected chi connectivity index (χ4v) is 3.39. The fraction of sp³-hybridized carbons (Fsp3) is 0.300. The van der Waals surface area contributed by atoms with Gasteiger partial charge in [-0.05, 0) is 26.5 Å². The summed E-state index contributed by atoms with van der Waals surface area (Å²) in [5.41, 5.74) is 1.13. The Bertz CT molecular complexity index is 945. The van der Waals surface area contributed by atoms with Crippen LogP contribution < -0.4 is 21.3 Å². The number of likely N-dealkylation sites (N-methyl/N-ethyl adjacent to an activating group) is 1. The molecule has 0 fully saturated rings. The number of nitrogens with zero attached hydrogens (tertiary/aromatic N) is 3. The van der Waals surface area contributed by atoms with Crippen LogP contribution in [0.4, 0.5) is 16.8 Å². The van der Waals surface area contributed by atoms with Crippen molar-refractivity contribution in [2.45, 2.75) is 19.9 Å². The molecule has 0 spiro atoms. The molecular weight excluding hydrogens is 386 g/mol. The second kappa shape index (κ2) is 9.94. The van der Waals surface area contributed by atoms with Crippen molar-refractivity contribution in [1.82, 2.24) is 25.6 Å². The third kappa shape index (κ3) is 5.97. The Morgan fingerprint density at radius 2 is 1.90 bits per heavy atom. The lowest BCUT2D eigenvalue weighted by molar-refractivity contribution is -0.122. The van der Waals surface area contributed by atoms with E-state index in [1.54, 1.807) is 18.4 Å². The summed E-state index contributed by atoms with van der Waals surface area (Å²) < 4.78 is 0. The molecule has 2 aromatic heterocycles. The van der Waals surface area contributed by atoms with Crippen molar-refractivity contribution < 1.29 is 4.79 Å². The zero-order valence-corrected chi connectivity index (χ0v) is 17.5. The van der Waals surface area contributed by atoms with Gasteiger partial charge in [-0.15, -0.1) is 0 Å². The van der Waals surface area contributed by atoms with E-state index in [0.29, 0.717) is 30.5 Å². The van der Waals surface area contributed by atoms with Gasteiger partial charge in [0.2, 0.25) is 5.91 Å². The smallest absolute Gasteiger partial charge is 0.236 e. The second-order valence-corrected chi connectivity index (χ2v) is 7.47. The van der Waals surface area contributed by atoms with E-state index in [4.69, 9.17) is 0 Å². The van der Waals surface area contributed by atoms with E-state index < -0.39 is 0 Å². The Morgan fingerprint density at radius 1 is 1.14 bits per heavy atom. The topological polar surface area (TPSA) is 104 Å². The molecule has 0 bridgehead atoms. The Kier molecular flexibility index (Phi) is 7.09. The molecule has 152 valence electrons. The summed E-state index contributed by atoms with van der Waals surface area (Å²) >= 11 is 1.57. The van der Waals surface area contributed by atoms with Gasteiger partial charge in [0.05, 0.1) is 10.9 Å². The first-order chi connectivity index (χ1) is 14.0. The molecule has 1 amide bonds. The molecule has 1 aromatic carbocycles. The van der Waals surface area contributed by atoms with Crippen molar-refractivity contribution in [3.8, 4) is 10.4 Å². The lowest BCUT2D eigenvalue weighted by Crippen LogP contribution is -2.42. The minimum Gasteiger partial charge on any atom is -0.368 e. The number of aromatic nitrogens is 3. The van der Waals surface area contributed by atoms with Crippen molar-refractivity contribution in [1.29, 1.82) is 0 Å². The van der Waals surface area contributed by atoms with Crippen LogP contribution in [-0.2, 0) is 4.79 Å². The van der Waals surface area contributed by atoms with E-state index in [9.17, 15) is 4.79 Å². The number of carbonyl (C=O) groups excluding carboxylic acids is 1. The second-order valence-electron chi connectivity index (χ2n) is 6.43. The minimum atomic E-state index is -0.217. The summed E-state index contributed by atoms with van der Waals surface area (Å²) in [5, 5.41) is 13.0. The van der Waals surface area contributed by atoms with E-state index in [2.05, 4.69) is 48.4 Å². The van der Waals surface area contributed by atoms with Crippen LogP contribution in [0.25, 0.3) is 10.4 Å². The largest absolute Gasteiger partial charge is 0.368 e. The quantitative estimate of drug-likeness (QED) is 0.401. The summed E-state index contributed by atoms with van der Waals surface area (Å²) in [4.78, 5) is 26.1. The van der Waals surface area contributed by atoms with E-state index in [0.717, 1.165) is 15.6 Å². The maximum Gasteiger partial charge on any atom is 0.236 e. The van der Waals surface area contributed by atoms with Crippen LogP contribution >= 0.6 is 11.3 Å². The molecule has 0 saturated carbocycles. The highest BCUT2D eigenvalue weighted by Gasteiger charge is 2.09. The Labute approximate surface area is 174 Å². The highest BCUT2D eigenvalue weighted by Crippen LogP contribution is 2.30. The van der Waals surface area contributed by atoms with Crippen LogP contribution in [0, 0.1) is 6.92 Å². The number of carbonyl (C=O) groups is 1. The van der Waals surface area contributed by atoms with Gasteiger partial charge in [0.25, 0.3) is 0 Å². The SMILES string of the molecule is CN[C@@H](C)C(=O)NCCNc1cc(Nc2ncc(-c3ccccc3)s2)nc(C)n1. The number of thiazole rings is 1. The van der Waals surface area contributed by atoms with Crippen LogP contribution in [0.2, 0.25) is 0 Å². The van der Waals surface area contributed by atoms with Gasteiger partial charge >= 0.3 is 0 Å². The average Bonchev–Trinajstić information content (AvgIpc) is 3.19.